The smallest absolute Gasteiger partial charge is 0.266 e. The first-order valence-corrected chi connectivity index (χ1v) is 6.87. The van der Waals surface area contributed by atoms with Crippen LogP contribution in [0.25, 0.3) is 0 Å². The molecule has 0 fully saturated rings. The van der Waals surface area contributed by atoms with Crippen molar-refractivity contribution in [2.75, 3.05) is 12.8 Å². The third-order valence-corrected chi connectivity index (χ3v) is 3.39. The van der Waals surface area contributed by atoms with Crippen LogP contribution in [0.2, 0.25) is 0 Å². The summed E-state index contributed by atoms with van der Waals surface area (Å²) in [5, 5.41) is 0. The summed E-state index contributed by atoms with van der Waals surface area (Å²) in [7, 11) is -2.25. The average Bonchev–Trinajstić information content (AvgIpc) is 2.27. The average molecular weight is 255 g/mol. The van der Waals surface area contributed by atoms with Crippen LogP contribution in [0.15, 0.2) is 43.1 Å². The summed E-state index contributed by atoms with van der Waals surface area (Å²) in [6.45, 7) is 3.60. The van der Waals surface area contributed by atoms with Crippen LogP contribution >= 0.6 is 0 Å². The van der Waals surface area contributed by atoms with Crippen molar-refractivity contribution in [3.63, 3.8) is 0 Å². The summed E-state index contributed by atoms with van der Waals surface area (Å²) < 4.78 is 30.8. The van der Waals surface area contributed by atoms with Gasteiger partial charge in [-0.2, -0.15) is 8.42 Å². The molecule has 0 aliphatic rings. The molecule has 0 spiro atoms. The van der Waals surface area contributed by atoms with E-state index in [9.17, 15) is 8.42 Å². The maximum atomic E-state index is 10.9. The molecule has 0 saturated carbocycles. The van der Waals surface area contributed by atoms with Crippen LogP contribution in [-0.2, 0) is 16.5 Å². The van der Waals surface area contributed by atoms with Gasteiger partial charge >= 0.3 is 0 Å². The maximum absolute atomic E-state index is 10.9. The topological polar surface area (TPSA) is 57.6 Å². The van der Waals surface area contributed by atoms with Crippen molar-refractivity contribution >= 4 is 10.1 Å². The predicted molar refractivity (Wildman–Crippen MR) is 68.3 cm³/mol. The highest BCUT2D eigenvalue weighted by Crippen LogP contribution is 2.10. The number of hydrogen-bond donors (Lipinski definition) is 1. The van der Waals surface area contributed by atoms with Gasteiger partial charge in [0.1, 0.15) is 0 Å². The fraction of sp³-hybridized carbons (Fsp3) is 0.333. The molecule has 0 saturated heterocycles. The number of benzene rings is 1. The van der Waals surface area contributed by atoms with Crippen LogP contribution in [0.5, 0.6) is 0 Å². The van der Waals surface area contributed by atoms with Gasteiger partial charge in [-0.3, -0.25) is 4.55 Å². The van der Waals surface area contributed by atoms with Gasteiger partial charge in [0.25, 0.3) is 10.1 Å². The number of nitrogens with zero attached hydrogens (tertiary/aromatic N) is 1. The maximum Gasteiger partial charge on any atom is 0.266 e. The second-order valence-corrected chi connectivity index (χ2v) is 5.44. The van der Waals surface area contributed by atoms with Crippen LogP contribution in [0.1, 0.15) is 5.56 Å². The highest BCUT2D eigenvalue weighted by molar-refractivity contribution is 7.85. The number of likely N-dealkylation sites (N-methyl/N-ethyl adjacent to an activating group) is 1. The van der Waals surface area contributed by atoms with Gasteiger partial charge in [0.05, 0.1) is 5.75 Å². The monoisotopic (exact) mass is 255 g/mol. The van der Waals surface area contributed by atoms with Crippen molar-refractivity contribution in [1.82, 2.24) is 4.90 Å². The lowest BCUT2D eigenvalue weighted by Gasteiger charge is -2.25. The molecule has 1 aromatic rings. The standard InChI is InChI=1S/C12H17NO3S/c1-3-13(2)12(10-17(14,15)16)9-11-7-5-4-6-8-11/h3-8,12H,1,9-10H2,2H3,(H,14,15,16). The molecule has 1 unspecified atom stereocenters. The minimum Gasteiger partial charge on any atom is -0.377 e. The van der Waals surface area contributed by atoms with E-state index in [1.54, 1.807) is 18.1 Å². The van der Waals surface area contributed by atoms with Crippen molar-refractivity contribution in [2.45, 2.75) is 12.5 Å². The Labute approximate surface area is 102 Å². The van der Waals surface area contributed by atoms with Crippen LogP contribution in [0.4, 0.5) is 0 Å². The van der Waals surface area contributed by atoms with Gasteiger partial charge in [-0.25, -0.2) is 0 Å². The molecule has 0 aromatic heterocycles. The van der Waals surface area contributed by atoms with Gasteiger partial charge in [-0.1, -0.05) is 36.9 Å². The fourth-order valence-corrected chi connectivity index (χ4v) is 2.44. The van der Waals surface area contributed by atoms with Crippen LogP contribution in [0, 0.1) is 0 Å². The molecule has 0 radical (unpaired) electrons. The molecule has 0 amide bonds. The quantitative estimate of drug-likeness (QED) is 0.784. The Morgan fingerprint density at radius 1 is 1.41 bits per heavy atom. The summed E-state index contributed by atoms with van der Waals surface area (Å²) in [4.78, 5) is 1.70. The molecule has 0 aliphatic heterocycles. The van der Waals surface area contributed by atoms with E-state index in [1.807, 2.05) is 30.3 Å². The van der Waals surface area contributed by atoms with Crippen LogP contribution in [0.3, 0.4) is 0 Å². The second-order valence-electron chi connectivity index (χ2n) is 3.94. The SMILES string of the molecule is C=CN(C)C(Cc1ccccc1)CS(=O)(=O)O. The zero-order valence-electron chi connectivity index (χ0n) is 9.78. The van der Waals surface area contributed by atoms with Gasteiger partial charge in [-0.05, 0) is 18.2 Å². The molecular weight excluding hydrogens is 238 g/mol. The minimum atomic E-state index is -3.99. The normalized spacial score (nSPS) is 13.1. The van der Waals surface area contributed by atoms with E-state index in [0.717, 1.165) is 5.56 Å². The summed E-state index contributed by atoms with van der Waals surface area (Å²) in [6, 6.07) is 9.23. The molecule has 0 heterocycles. The Morgan fingerprint density at radius 3 is 2.47 bits per heavy atom. The van der Waals surface area contributed by atoms with E-state index in [-0.39, 0.29) is 11.8 Å². The van der Waals surface area contributed by atoms with E-state index in [4.69, 9.17) is 4.55 Å². The Bertz CT molecular complexity index is 456. The molecule has 94 valence electrons. The Morgan fingerprint density at radius 2 is 2.00 bits per heavy atom. The van der Waals surface area contributed by atoms with Crippen LogP contribution < -0.4 is 0 Å². The Kier molecular flexibility index (Phi) is 4.72. The second kappa shape index (κ2) is 5.84. The van der Waals surface area contributed by atoms with Crippen molar-refractivity contribution < 1.29 is 13.0 Å². The van der Waals surface area contributed by atoms with Crippen molar-refractivity contribution in [2.24, 2.45) is 0 Å². The summed E-state index contributed by atoms with van der Waals surface area (Å²) in [6.07, 6.45) is 2.10. The van der Waals surface area contributed by atoms with Gasteiger partial charge in [0.15, 0.2) is 0 Å². The van der Waals surface area contributed by atoms with Gasteiger partial charge in [-0.15, -0.1) is 0 Å². The van der Waals surface area contributed by atoms with Gasteiger partial charge in [0.2, 0.25) is 0 Å². The first-order valence-electron chi connectivity index (χ1n) is 5.26. The number of rotatable bonds is 6. The van der Waals surface area contributed by atoms with Crippen molar-refractivity contribution in [1.29, 1.82) is 0 Å². The molecule has 1 N–H and O–H groups in total. The first-order chi connectivity index (χ1) is 7.92. The van der Waals surface area contributed by atoms with Crippen molar-refractivity contribution in [3.8, 4) is 0 Å². The molecule has 5 heteroatoms. The third-order valence-electron chi connectivity index (χ3n) is 2.58. The van der Waals surface area contributed by atoms with Crippen LogP contribution in [-0.4, -0.2) is 36.7 Å². The Hall–Kier alpha value is -1.33. The van der Waals surface area contributed by atoms with Crippen molar-refractivity contribution in [3.05, 3.63) is 48.7 Å². The highest BCUT2D eigenvalue weighted by atomic mass is 32.2. The molecule has 0 bridgehead atoms. The highest BCUT2D eigenvalue weighted by Gasteiger charge is 2.19. The summed E-state index contributed by atoms with van der Waals surface area (Å²) in [5.74, 6) is -0.301. The third kappa shape index (κ3) is 5.01. The molecular formula is C12H17NO3S. The van der Waals surface area contributed by atoms with E-state index in [1.165, 1.54) is 0 Å². The van der Waals surface area contributed by atoms with E-state index >= 15 is 0 Å². The molecule has 17 heavy (non-hydrogen) atoms. The largest absolute Gasteiger partial charge is 0.377 e. The lowest BCUT2D eigenvalue weighted by Crippen LogP contribution is -2.35. The number of hydrogen-bond acceptors (Lipinski definition) is 3. The molecule has 1 atom stereocenters. The zero-order valence-corrected chi connectivity index (χ0v) is 10.6. The zero-order chi connectivity index (χ0) is 12.9. The minimum absolute atomic E-state index is 0.301. The lowest BCUT2D eigenvalue weighted by atomic mass is 10.1. The first kappa shape index (κ1) is 13.7. The molecule has 1 aromatic carbocycles. The van der Waals surface area contributed by atoms with Gasteiger partial charge < -0.3 is 4.90 Å². The summed E-state index contributed by atoms with van der Waals surface area (Å²) in [5.41, 5.74) is 1.02. The summed E-state index contributed by atoms with van der Waals surface area (Å²) >= 11 is 0. The fourth-order valence-electron chi connectivity index (χ4n) is 1.60. The van der Waals surface area contributed by atoms with E-state index in [0.29, 0.717) is 6.42 Å². The molecule has 4 nitrogen and oxygen atoms in total. The van der Waals surface area contributed by atoms with Gasteiger partial charge in [0, 0.05) is 13.1 Å². The Balaban J connectivity index is 2.81. The molecule has 0 aliphatic carbocycles. The lowest BCUT2D eigenvalue weighted by molar-refractivity contribution is 0.343. The molecule has 1 rings (SSSR count). The van der Waals surface area contributed by atoms with E-state index in [2.05, 4.69) is 6.58 Å². The van der Waals surface area contributed by atoms with E-state index < -0.39 is 10.1 Å². The predicted octanol–water partition coefficient (Wildman–Crippen LogP) is 1.56.